The Labute approximate surface area is 117 Å². The number of H-pyrrole nitrogens is 1. The number of benzene rings is 1. The number of hydrogen-bond donors (Lipinski definition) is 1. The first kappa shape index (κ1) is 12.3. The Bertz CT molecular complexity index is 754. The summed E-state index contributed by atoms with van der Waals surface area (Å²) in [5.74, 6) is 0.656. The van der Waals surface area contributed by atoms with Crippen molar-refractivity contribution in [3.8, 4) is 0 Å². The molecule has 19 heavy (non-hydrogen) atoms. The van der Waals surface area contributed by atoms with Crippen LogP contribution >= 0.6 is 23.1 Å². The number of hydrogen-bond acceptors (Lipinski definition) is 6. The van der Waals surface area contributed by atoms with Gasteiger partial charge in [0.2, 0.25) is 0 Å². The third-order valence-corrected chi connectivity index (χ3v) is 4.55. The van der Waals surface area contributed by atoms with E-state index < -0.39 is 0 Å². The van der Waals surface area contributed by atoms with E-state index >= 15 is 0 Å². The zero-order chi connectivity index (χ0) is 13.2. The van der Waals surface area contributed by atoms with Gasteiger partial charge in [0.05, 0.1) is 16.2 Å². The number of aromatic amines is 1. The number of aromatic nitrogens is 4. The maximum Gasteiger partial charge on any atom is 0.258 e. The lowest BCUT2D eigenvalue weighted by Crippen LogP contribution is -2.12. The lowest BCUT2D eigenvalue weighted by atomic mass is 10.2. The summed E-state index contributed by atoms with van der Waals surface area (Å²) in [6, 6.07) is 7.32. The minimum Gasteiger partial charge on any atom is -0.309 e. The van der Waals surface area contributed by atoms with Crippen LogP contribution < -0.4 is 5.56 Å². The average Bonchev–Trinajstić information content (AvgIpc) is 2.91. The van der Waals surface area contributed by atoms with Crippen LogP contribution in [0.3, 0.4) is 0 Å². The van der Waals surface area contributed by atoms with Gasteiger partial charge in [0.15, 0.2) is 4.34 Å². The van der Waals surface area contributed by atoms with Crippen LogP contribution in [0.1, 0.15) is 18.0 Å². The molecule has 2 heterocycles. The van der Waals surface area contributed by atoms with E-state index in [1.807, 2.05) is 25.1 Å². The predicted octanol–water partition coefficient (Wildman–Crippen LogP) is 2.63. The molecular formula is C12H10N4OS2. The summed E-state index contributed by atoms with van der Waals surface area (Å²) in [6.07, 6.45) is 0. The van der Waals surface area contributed by atoms with Crippen molar-refractivity contribution in [2.75, 3.05) is 0 Å². The topological polar surface area (TPSA) is 71.5 Å². The van der Waals surface area contributed by atoms with Crippen molar-refractivity contribution in [2.45, 2.75) is 16.5 Å². The lowest BCUT2D eigenvalue weighted by molar-refractivity contribution is 0.916. The molecule has 0 saturated carbocycles. The molecule has 96 valence electrons. The van der Waals surface area contributed by atoms with Gasteiger partial charge >= 0.3 is 0 Å². The molecule has 0 aliphatic carbocycles. The van der Waals surface area contributed by atoms with Gasteiger partial charge in [-0.15, -0.1) is 10.2 Å². The van der Waals surface area contributed by atoms with Crippen LogP contribution in [0.25, 0.3) is 10.9 Å². The van der Waals surface area contributed by atoms with Gasteiger partial charge in [0.1, 0.15) is 11.3 Å². The number of rotatable bonds is 3. The molecular weight excluding hydrogens is 280 g/mol. The molecule has 7 heteroatoms. The molecule has 1 atom stereocenters. The fraction of sp³-hybridized carbons (Fsp3) is 0.167. The van der Waals surface area contributed by atoms with E-state index in [2.05, 4.69) is 20.2 Å². The van der Waals surface area contributed by atoms with Crippen LogP contribution in [0.4, 0.5) is 0 Å². The van der Waals surface area contributed by atoms with Crippen molar-refractivity contribution >= 4 is 34.0 Å². The molecule has 0 aliphatic heterocycles. The highest BCUT2D eigenvalue weighted by Crippen LogP contribution is 2.33. The van der Waals surface area contributed by atoms with Crippen molar-refractivity contribution in [1.82, 2.24) is 20.2 Å². The van der Waals surface area contributed by atoms with Crippen LogP contribution in [0.15, 0.2) is 38.9 Å². The first-order chi connectivity index (χ1) is 9.24. The van der Waals surface area contributed by atoms with Crippen LogP contribution in [-0.4, -0.2) is 20.2 Å². The van der Waals surface area contributed by atoms with E-state index in [4.69, 9.17) is 0 Å². The molecule has 1 N–H and O–H groups in total. The second kappa shape index (κ2) is 5.10. The van der Waals surface area contributed by atoms with E-state index in [1.165, 1.54) is 23.1 Å². The smallest absolute Gasteiger partial charge is 0.258 e. The van der Waals surface area contributed by atoms with E-state index in [0.717, 1.165) is 4.34 Å². The first-order valence-corrected chi connectivity index (χ1v) is 7.42. The molecule has 2 aromatic heterocycles. The van der Waals surface area contributed by atoms with Gasteiger partial charge in [-0.2, -0.15) is 0 Å². The van der Waals surface area contributed by atoms with Gasteiger partial charge in [0.25, 0.3) is 5.56 Å². The fourth-order valence-corrected chi connectivity index (χ4v) is 3.40. The van der Waals surface area contributed by atoms with E-state index in [9.17, 15) is 4.79 Å². The SMILES string of the molecule is C[C@@H](Sc1nncs1)c1nc2ccccc2c(=O)[nH]1. The Balaban J connectivity index is 1.98. The molecule has 0 aliphatic rings. The molecule has 0 saturated heterocycles. The highest BCUT2D eigenvalue weighted by Gasteiger charge is 2.13. The van der Waals surface area contributed by atoms with Gasteiger partial charge in [-0.1, -0.05) is 35.2 Å². The Morgan fingerprint density at radius 3 is 3.00 bits per heavy atom. The number of fused-ring (bicyclic) bond motifs is 1. The Morgan fingerprint density at radius 2 is 2.21 bits per heavy atom. The number of nitrogens with one attached hydrogen (secondary N) is 1. The minimum absolute atomic E-state index is 0.0188. The molecule has 1 aromatic carbocycles. The van der Waals surface area contributed by atoms with Gasteiger partial charge in [-0.3, -0.25) is 4.79 Å². The second-order valence-corrected chi connectivity index (χ2v) is 6.35. The van der Waals surface area contributed by atoms with Crippen LogP contribution in [0, 0.1) is 0 Å². The largest absolute Gasteiger partial charge is 0.309 e. The molecule has 0 unspecified atom stereocenters. The standard InChI is InChI=1S/C12H10N4OS2/c1-7(19-12-16-13-6-18-12)10-14-9-5-3-2-4-8(9)11(17)15-10/h2-7H,1H3,(H,14,15,17)/t7-/m1/s1. The summed E-state index contributed by atoms with van der Waals surface area (Å²) in [7, 11) is 0. The molecule has 0 bridgehead atoms. The molecule has 0 spiro atoms. The monoisotopic (exact) mass is 290 g/mol. The predicted molar refractivity (Wildman–Crippen MR) is 76.5 cm³/mol. The zero-order valence-corrected chi connectivity index (χ0v) is 11.7. The number of para-hydroxylation sites is 1. The van der Waals surface area contributed by atoms with Gasteiger partial charge in [-0.05, 0) is 19.1 Å². The normalized spacial score (nSPS) is 12.7. The maximum atomic E-state index is 12.0. The second-order valence-electron chi connectivity index (χ2n) is 3.93. The molecule has 3 aromatic rings. The Hall–Kier alpha value is -1.73. The van der Waals surface area contributed by atoms with Gasteiger partial charge < -0.3 is 4.98 Å². The summed E-state index contributed by atoms with van der Waals surface area (Å²) >= 11 is 3.01. The van der Waals surface area contributed by atoms with Crippen LogP contribution in [0.2, 0.25) is 0 Å². The molecule has 5 nitrogen and oxygen atoms in total. The molecule has 0 radical (unpaired) electrons. The highest BCUT2D eigenvalue weighted by atomic mass is 32.2. The van der Waals surface area contributed by atoms with E-state index in [-0.39, 0.29) is 10.8 Å². The number of thioether (sulfide) groups is 1. The zero-order valence-electron chi connectivity index (χ0n) is 10.0. The van der Waals surface area contributed by atoms with Crippen molar-refractivity contribution in [1.29, 1.82) is 0 Å². The Morgan fingerprint density at radius 1 is 1.37 bits per heavy atom. The third-order valence-electron chi connectivity index (χ3n) is 2.63. The van der Waals surface area contributed by atoms with Crippen molar-refractivity contribution < 1.29 is 0 Å². The van der Waals surface area contributed by atoms with Crippen LogP contribution in [-0.2, 0) is 0 Å². The third kappa shape index (κ3) is 2.52. The number of nitrogens with zero attached hydrogens (tertiary/aromatic N) is 3. The fourth-order valence-electron chi connectivity index (χ4n) is 1.72. The van der Waals surface area contributed by atoms with Crippen molar-refractivity contribution in [3.05, 3.63) is 46.0 Å². The minimum atomic E-state index is -0.106. The molecule has 0 amide bonds. The van der Waals surface area contributed by atoms with Gasteiger partial charge in [0, 0.05) is 0 Å². The summed E-state index contributed by atoms with van der Waals surface area (Å²) in [5.41, 5.74) is 2.29. The van der Waals surface area contributed by atoms with E-state index in [1.54, 1.807) is 11.6 Å². The van der Waals surface area contributed by atoms with Gasteiger partial charge in [-0.25, -0.2) is 4.98 Å². The highest BCUT2D eigenvalue weighted by molar-refractivity contribution is 8.01. The molecule has 3 rings (SSSR count). The summed E-state index contributed by atoms with van der Waals surface area (Å²) in [6.45, 7) is 1.99. The van der Waals surface area contributed by atoms with Crippen molar-refractivity contribution in [2.24, 2.45) is 0 Å². The van der Waals surface area contributed by atoms with Crippen molar-refractivity contribution in [3.63, 3.8) is 0 Å². The first-order valence-electron chi connectivity index (χ1n) is 5.66. The summed E-state index contributed by atoms with van der Waals surface area (Å²) in [5, 5.41) is 8.40. The average molecular weight is 290 g/mol. The maximum absolute atomic E-state index is 12.0. The summed E-state index contributed by atoms with van der Waals surface area (Å²) < 4.78 is 0.864. The quantitative estimate of drug-likeness (QED) is 0.751. The summed E-state index contributed by atoms with van der Waals surface area (Å²) in [4.78, 5) is 19.3. The Kier molecular flexibility index (Phi) is 3.31. The van der Waals surface area contributed by atoms with E-state index in [0.29, 0.717) is 16.7 Å². The molecule has 0 fully saturated rings. The lowest BCUT2D eigenvalue weighted by Gasteiger charge is -2.08. The van der Waals surface area contributed by atoms with Crippen LogP contribution in [0.5, 0.6) is 0 Å².